The van der Waals surface area contributed by atoms with Gasteiger partial charge in [-0.3, -0.25) is 0 Å². The number of nitrogens with zero attached hydrogens (tertiary/aromatic N) is 6. The molecule has 50 valence electrons. The third-order valence-electron chi connectivity index (χ3n) is 0.857. The molecule has 0 unspecified atom stereocenters. The van der Waals surface area contributed by atoms with Gasteiger partial charge in [-0.1, -0.05) is 4.49 Å². The van der Waals surface area contributed by atoms with Gasteiger partial charge in [-0.05, 0) is 10.4 Å². The second kappa shape index (κ2) is 2.06. The SMILES string of the molecule is n1n[nH]c(-c2nnsn2)n1. The Morgan fingerprint density at radius 1 is 1.30 bits per heavy atom. The van der Waals surface area contributed by atoms with Gasteiger partial charge < -0.3 is 0 Å². The Morgan fingerprint density at radius 3 is 2.90 bits per heavy atom. The minimum absolute atomic E-state index is 0.426. The average Bonchev–Trinajstić information content (AvgIpc) is 2.59. The maximum Gasteiger partial charge on any atom is 0.235 e. The van der Waals surface area contributed by atoms with E-state index in [1.807, 2.05) is 0 Å². The van der Waals surface area contributed by atoms with Crippen molar-refractivity contribution >= 4 is 11.7 Å². The summed E-state index contributed by atoms with van der Waals surface area (Å²) in [6.45, 7) is 0. The third-order valence-corrected chi connectivity index (χ3v) is 1.27. The molecule has 1 N–H and O–H groups in total. The zero-order valence-corrected chi connectivity index (χ0v) is 5.41. The highest BCUT2D eigenvalue weighted by Crippen LogP contribution is 2.03. The first-order valence-corrected chi connectivity index (χ1v) is 3.09. The molecular weight excluding hydrogens is 154 g/mol. The maximum absolute atomic E-state index is 3.80. The van der Waals surface area contributed by atoms with E-state index >= 15 is 0 Å². The second-order valence-electron chi connectivity index (χ2n) is 1.43. The van der Waals surface area contributed by atoms with Crippen molar-refractivity contribution in [2.45, 2.75) is 0 Å². The van der Waals surface area contributed by atoms with Crippen LogP contribution in [0.25, 0.3) is 11.6 Å². The van der Waals surface area contributed by atoms with Crippen molar-refractivity contribution in [3.05, 3.63) is 0 Å². The first kappa shape index (κ1) is 5.35. The number of H-pyrrole nitrogens is 1. The lowest BCUT2D eigenvalue weighted by atomic mass is 10.6. The minimum Gasteiger partial charge on any atom is -0.236 e. The van der Waals surface area contributed by atoms with Crippen LogP contribution >= 0.6 is 11.7 Å². The van der Waals surface area contributed by atoms with Crippen LogP contribution in [0, 0.1) is 0 Å². The summed E-state index contributed by atoms with van der Waals surface area (Å²) in [4.78, 5) is 0. The molecule has 0 amide bonds. The lowest BCUT2D eigenvalue weighted by Gasteiger charge is -1.76. The van der Waals surface area contributed by atoms with Crippen molar-refractivity contribution in [1.82, 2.24) is 34.6 Å². The predicted molar refractivity (Wildman–Crippen MR) is 30.9 cm³/mol. The summed E-state index contributed by atoms with van der Waals surface area (Å²) in [5.74, 6) is 0.865. The Balaban J connectivity index is 2.48. The summed E-state index contributed by atoms with van der Waals surface area (Å²) in [7, 11) is 0. The molecule has 0 aliphatic carbocycles. The quantitative estimate of drug-likeness (QED) is 0.574. The molecule has 0 spiro atoms. The van der Waals surface area contributed by atoms with Gasteiger partial charge in [0.25, 0.3) is 0 Å². The molecule has 0 aromatic carbocycles. The zero-order chi connectivity index (χ0) is 6.81. The lowest BCUT2D eigenvalue weighted by Crippen LogP contribution is -1.82. The molecular formula is C2HN7S. The van der Waals surface area contributed by atoms with Crippen LogP contribution < -0.4 is 0 Å². The molecule has 0 aliphatic rings. The summed E-state index contributed by atoms with van der Waals surface area (Å²) in [5, 5.41) is 16.4. The number of aromatic nitrogens is 7. The fourth-order valence-electron chi connectivity index (χ4n) is 0.477. The molecule has 2 aromatic heterocycles. The highest BCUT2D eigenvalue weighted by Gasteiger charge is 2.04. The third kappa shape index (κ3) is 0.739. The molecule has 0 bridgehead atoms. The highest BCUT2D eigenvalue weighted by molar-refractivity contribution is 6.99. The van der Waals surface area contributed by atoms with Gasteiger partial charge in [0.15, 0.2) is 0 Å². The van der Waals surface area contributed by atoms with Crippen LogP contribution in [0.15, 0.2) is 0 Å². The molecule has 0 saturated heterocycles. The van der Waals surface area contributed by atoms with E-state index in [0.717, 1.165) is 11.7 Å². The molecule has 10 heavy (non-hydrogen) atoms. The second-order valence-corrected chi connectivity index (χ2v) is 1.94. The van der Waals surface area contributed by atoms with E-state index in [-0.39, 0.29) is 0 Å². The monoisotopic (exact) mass is 155 g/mol. The first-order valence-electron chi connectivity index (χ1n) is 2.36. The van der Waals surface area contributed by atoms with Crippen molar-refractivity contribution in [2.75, 3.05) is 0 Å². The number of aromatic amines is 1. The molecule has 2 rings (SSSR count). The number of hydrogen-bond acceptors (Lipinski definition) is 7. The minimum atomic E-state index is 0.426. The van der Waals surface area contributed by atoms with E-state index in [4.69, 9.17) is 0 Å². The van der Waals surface area contributed by atoms with Crippen molar-refractivity contribution in [1.29, 1.82) is 0 Å². The molecule has 0 radical (unpaired) electrons. The highest BCUT2D eigenvalue weighted by atomic mass is 32.1. The molecule has 0 aliphatic heterocycles. The number of rotatable bonds is 1. The van der Waals surface area contributed by atoms with Crippen LogP contribution in [-0.2, 0) is 0 Å². The largest absolute Gasteiger partial charge is 0.236 e. The Labute approximate surface area is 58.8 Å². The van der Waals surface area contributed by atoms with Gasteiger partial charge >= 0.3 is 0 Å². The van der Waals surface area contributed by atoms with E-state index in [0.29, 0.717) is 11.6 Å². The van der Waals surface area contributed by atoms with Crippen molar-refractivity contribution in [3.8, 4) is 11.6 Å². The molecule has 2 heterocycles. The van der Waals surface area contributed by atoms with Crippen molar-refractivity contribution in [2.24, 2.45) is 0 Å². The molecule has 0 saturated carbocycles. The standard InChI is InChI=1S/C2HN7S/c3-1(4-8-7-3)2-5-9-10-6-2/h(H,3,4,7,8). The van der Waals surface area contributed by atoms with Crippen LogP contribution in [0.4, 0.5) is 0 Å². The molecule has 7 nitrogen and oxygen atoms in total. The Morgan fingerprint density at radius 2 is 2.30 bits per heavy atom. The van der Waals surface area contributed by atoms with Gasteiger partial charge in [0.2, 0.25) is 11.6 Å². The van der Waals surface area contributed by atoms with Crippen molar-refractivity contribution in [3.63, 3.8) is 0 Å². The predicted octanol–water partition coefficient (Wildman–Crippen LogP) is -0.887. The van der Waals surface area contributed by atoms with E-state index < -0.39 is 0 Å². The Hall–Kier alpha value is -1.44. The van der Waals surface area contributed by atoms with Gasteiger partial charge in [-0.2, -0.15) is 0 Å². The molecule has 0 fully saturated rings. The smallest absolute Gasteiger partial charge is 0.235 e. The summed E-state index contributed by atoms with van der Waals surface area (Å²) in [6.07, 6.45) is 0. The normalized spacial score (nSPS) is 10.0. The number of nitrogens with one attached hydrogen (secondary N) is 1. The van der Waals surface area contributed by atoms with Gasteiger partial charge in [0.05, 0.1) is 11.7 Å². The first-order chi connectivity index (χ1) is 4.97. The van der Waals surface area contributed by atoms with E-state index in [2.05, 4.69) is 34.6 Å². The summed E-state index contributed by atoms with van der Waals surface area (Å²) < 4.78 is 7.35. The fourth-order valence-corrected chi connectivity index (χ4v) is 0.827. The lowest BCUT2D eigenvalue weighted by molar-refractivity contribution is 0.881. The van der Waals surface area contributed by atoms with E-state index in [1.54, 1.807) is 0 Å². The van der Waals surface area contributed by atoms with Gasteiger partial charge in [0, 0.05) is 0 Å². The molecule has 0 atom stereocenters. The average molecular weight is 155 g/mol. The topological polar surface area (TPSA) is 93.1 Å². The van der Waals surface area contributed by atoms with E-state index in [1.165, 1.54) is 0 Å². The van der Waals surface area contributed by atoms with Crippen LogP contribution in [0.2, 0.25) is 0 Å². The van der Waals surface area contributed by atoms with E-state index in [9.17, 15) is 0 Å². The molecule has 2 aromatic rings. The Kier molecular flexibility index (Phi) is 1.10. The maximum atomic E-state index is 3.80. The molecule has 8 heteroatoms. The van der Waals surface area contributed by atoms with Gasteiger partial charge in [-0.25, -0.2) is 5.10 Å². The van der Waals surface area contributed by atoms with Gasteiger partial charge in [-0.15, -0.1) is 14.6 Å². The van der Waals surface area contributed by atoms with Crippen LogP contribution in [0.1, 0.15) is 0 Å². The number of tetrazole rings is 1. The van der Waals surface area contributed by atoms with Crippen LogP contribution in [0.5, 0.6) is 0 Å². The number of hydrogen-bond donors (Lipinski definition) is 1. The zero-order valence-electron chi connectivity index (χ0n) is 4.59. The Bertz CT molecular complexity index is 251. The summed E-state index contributed by atoms with van der Waals surface area (Å²) in [6, 6.07) is 0. The summed E-state index contributed by atoms with van der Waals surface area (Å²) in [5.41, 5.74) is 0. The van der Waals surface area contributed by atoms with Crippen molar-refractivity contribution < 1.29 is 0 Å². The van der Waals surface area contributed by atoms with Crippen LogP contribution in [0.3, 0.4) is 0 Å². The van der Waals surface area contributed by atoms with Crippen LogP contribution in [-0.4, -0.2) is 34.6 Å². The summed E-state index contributed by atoms with van der Waals surface area (Å²) >= 11 is 1.01. The van der Waals surface area contributed by atoms with Gasteiger partial charge in [0.1, 0.15) is 0 Å². The fraction of sp³-hybridized carbons (Fsp3) is 0.